The Labute approximate surface area is 140 Å². The highest BCUT2D eigenvalue weighted by Crippen LogP contribution is 2.27. The Morgan fingerprint density at radius 2 is 1.96 bits per heavy atom. The molecule has 24 heavy (non-hydrogen) atoms. The highest BCUT2D eigenvalue weighted by Gasteiger charge is 2.33. The van der Waals surface area contributed by atoms with E-state index in [1.54, 1.807) is 31.3 Å². The van der Waals surface area contributed by atoms with Gasteiger partial charge in [-0.1, -0.05) is 19.1 Å². The van der Waals surface area contributed by atoms with Gasteiger partial charge in [-0.2, -0.15) is 9.40 Å². The van der Waals surface area contributed by atoms with Gasteiger partial charge in [0.15, 0.2) is 5.69 Å². The van der Waals surface area contributed by atoms with Crippen LogP contribution in [0, 0.1) is 0 Å². The van der Waals surface area contributed by atoms with Crippen LogP contribution in [0.5, 0.6) is 0 Å². The monoisotopic (exact) mass is 349 g/mol. The Hall–Kier alpha value is -2.19. The molecule has 0 saturated carbocycles. The predicted molar refractivity (Wildman–Crippen MR) is 87.3 cm³/mol. The van der Waals surface area contributed by atoms with Crippen LogP contribution in [-0.2, 0) is 36.5 Å². The maximum Gasteiger partial charge on any atom is 0.354 e. The number of aromatic nitrogens is 2. The molecule has 1 aromatic heterocycles. The zero-order chi connectivity index (χ0) is 17.5. The highest BCUT2D eigenvalue weighted by atomic mass is 32.2. The zero-order valence-corrected chi connectivity index (χ0v) is 14.4. The lowest BCUT2D eigenvalue weighted by Gasteiger charge is -2.26. The summed E-state index contributed by atoms with van der Waals surface area (Å²) in [6.45, 7) is 2.33. The maximum atomic E-state index is 12.8. The Bertz CT molecular complexity index is 885. The minimum Gasteiger partial charge on any atom is -0.477 e. The van der Waals surface area contributed by atoms with Crippen LogP contribution in [0.4, 0.5) is 0 Å². The molecular formula is C16H19N3O4S. The van der Waals surface area contributed by atoms with E-state index in [4.69, 9.17) is 0 Å². The number of carbonyl (C=O) groups is 1. The number of aromatic carboxylic acids is 1. The molecule has 1 aliphatic heterocycles. The van der Waals surface area contributed by atoms with Crippen LogP contribution in [0.25, 0.3) is 0 Å². The number of aryl methyl sites for hydroxylation is 2. The molecule has 1 aliphatic rings. The van der Waals surface area contributed by atoms with Crippen LogP contribution in [0.15, 0.2) is 29.2 Å². The lowest BCUT2D eigenvalue weighted by Crippen LogP contribution is -2.36. The van der Waals surface area contributed by atoms with E-state index in [9.17, 15) is 18.3 Å². The summed E-state index contributed by atoms with van der Waals surface area (Å²) >= 11 is 0. The molecule has 128 valence electrons. The van der Waals surface area contributed by atoms with Crippen molar-refractivity contribution in [1.82, 2.24) is 14.1 Å². The first kappa shape index (κ1) is 16.7. The van der Waals surface area contributed by atoms with Crippen LogP contribution in [0.3, 0.4) is 0 Å². The van der Waals surface area contributed by atoms with E-state index < -0.39 is 16.0 Å². The van der Waals surface area contributed by atoms with Crippen LogP contribution in [-0.4, -0.2) is 40.1 Å². The van der Waals surface area contributed by atoms with Crippen molar-refractivity contribution in [1.29, 1.82) is 0 Å². The molecule has 0 amide bonds. The van der Waals surface area contributed by atoms with Crippen molar-refractivity contribution in [2.24, 2.45) is 7.05 Å². The van der Waals surface area contributed by atoms with Crippen LogP contribution < -0.4 is 0 Å². The van der Waals surface area contributed by atoms with Gasteiger partial charge in [-0.25, -0.2) is 13.2 Å². The summed E-state index contributed by atoms with van der Waals surface area (Å²) in [7, 11) is -2.10. The molecule has 1 aromatic carbocycles. The third-order valence-corrected chi connectivity index (χ3v) is 6.19. The molecule has 0 fully saturated rings. The van der Waals surface area contributed by atoms with Crippen molar-refractivity contribution in [3.63, 3.8) is 0 Å². The molecule has 7 nitrogen and oxygen atoms in total. The smallest absolute Gasteiger partial charge is 0.354 e. The van der Waals surface area contributed by atoms with Crippen molar-refractivity contribution in [2.75, 3.05) is 6.54 Å². The van der Waals surface area contributed by atoms with Crippen molar-refractivity contribution in [3.05, 3.63) is 46.8 Å². The fourth-order valence-electron chi connectivity index (χ4n) is 3.00. The molecule has 2 heterocycles. The molecule has 0 aliphatic carbocycles. The number of carboxylic acids is 1. The lowest BCUT2D eigenvalue weighted by molar-refractivity contribution is 0.0683. The number of carboxylic acid groups (broad SMARTS) is 1. The quantitative estimate of drug-likeness (QED) is 0.901. The molecular weight excluding hydrogens is 330 g/mol. The van der Waals surface area contributed by atoms with Gasteiger partial charge in [-0.05, 0) is 24.1 Å². The second-order valence-electron chi connectivity index (χ2n) is 5.79. The molecule has 0 bridgehead atoms. The highest BCUT2D eigenvalue weighted by molar-refractivity contribution is 7.89. The minimum absolute atomic E-state index is 0.0304. The third-order valence-electron chi connectivity index (χ3n) is 4.33. The lowest BCUT2D eigenvalue weighted by atomic mass is 10.1. The van der Waals surface area contributed by atoms with Gasteiger partial charge in [0.25, 0.3) is 0 Å². The number of benzene rings is 1. The number of hydrogen-bond donors (Lipinski definition) is 1. The summed E-state index contributed by atoms with van der Waals surface area (Å²) in [5.41, 5.74) is 2.24. The van der Waals surface area contributed by atoms with Gasteiger partial charge in [0.2, 0.25) is 10.0 Å². The van der Waals surface area contributed by atoms with E-state index >= 15 is 0 Å². The molecule has 8 heteroatoms. The summed E-state index contributed by atoms with van der Waals surface area (Å²) < 4.78 is 28.3. The van der Waals surface area contributed by atoms with Crippen LogP contribution in [0.1, 0.15) is 34.2 Å². The number of nitrogens with zero attached hydrogens (tertiary/aromatic N) is 3. The van der Waals surface area contributed by atoms with E-state index in [0.717, 1.165) is 12.0 Å². The molecule has 3 rings (SSSR count). The Morgan fingerprint density at radius 1 is 1.29 bits per heavy atom. The first-order valence-corrected chi connectivity index (χ1v) is 9.15. The first-order valence-electron chi connectivity index (χ1n) is 7.71. The molecule has 0 radical (unpaired) electrons. The van der Waals surface area contributed by atoms with Gasteiger partial charge in [0.1, 0.15) is 0 Å². The zero-order valence-electron chi connectivity index (χ0n) is 13.6. The Kier molecular flexibility index (Phi) is 4.18. The van der Waals surface area contributed by atoms with Crippen molar-refractivity contribution in [2.45, 2.75) is 31.2 Å². The van der Waals surface area contributed by atoms with E-state index in [1.165, 1.54) is 8.99 Å². The summed E-state index contributed by atoms with van der Waals surface area (Å²) in [5.74, 6) is -1.10. The minimum atomic E-state index is -3.66. The maximum absolute atomic E-state index is 12.8. The summed E-state index contributed by atoms with van der Waals surface area (Å²) in [6, 6.07) is 6.81. The van der Waals surface area contributed by atoms with Crippen LogP contribution in [0.2, 0.25) is 0 Å². The third kappa shape index (κ3) is 2.71. The van der Waals surface area contributed by atoms with E-state index in [1.807, 2.05) is 6.92 Å². The molecule has 0 spiro atoms. The van der Waals surface area contributed by atoms with E-state index in [0.29, 0.717) is 24.2 Å². The first-order chi connectivity index (χ1) is 11.3. The van der Waals surface area contributed by atoms with Gasteiger partial charge in [0, 0.05) is 32.1 Å². The summed E-state index contributed by atoms with van der Waals surface area (Å²) in [5, 5.41) is 13.5. The molecule has 0 saturated heterocycles. The summed E-state index contributed by atoms with van der Waals surface area (Å²) in [4.78, 5) is 11.6. The second kappa shape index (κ2) is 6.03. The van der Waals surface area contributed by atoms with Gasteiger partial charge in [0.05, 0.1) is 10.6 Å². The number of rotatable bonds is 4. The largest absolute Gasteiger partial charge is 0.477 e. The van der Waals surface area contributed by atoms with Gasteiger partial charge >= 0.3 is 5.97 Å². The molecule has 2 aromatic rings. The molecule has 1 N–H and O–H groups in total. The van der Waals surface area contributed by atoms with Gasteiger partial charge in [-0.3, -0.25) is 4.68 Å². The summed E-state index contributed by atoms with van der Waals surface area (Å²) in [6.07, 6.45) is 1.24. The predicted octanol–water partition coefficient (Wildman–Crippen LogP) is 1.43. The van der Waals surface area contributed by atoms with Gasteiger partial charge in [-0.15, -0.1) is 0 Å². The van der Waals surface area contributed by atoms with Crippen molar-refractivity contribution in [3.8, 4) is 0 Å². The number of sulfonamides is 1. The average Bonchev–Trinajstić information content (AvgIpc) is 2.89. The Balaban J connectivity index is 1.95. The van der Waals surface area contributed by atoms with Crippen LogP contribution >= 0.6 is 0 Å². The molecule has 0 unspecified atom stereocenters. The van der Waals surface area contributed by atoms with Crippen molar-refractivity contribution >= 4 is 16.0 Å². The van der Waals surface area contributed by atoms with E-state index in [-0.39, 0.29) is 17.1 Å². The van der Waals surface area contributed by atoms with Gasteiger partial charge < -0.3 is 5.11 Å². The normalized spacial score (nSPS) is 15.2. The van der Waals surface area contributed by atoms with Crippen molar-refractivity contribution < 1.29 is 18.3 Å². The molecule has 0 atom stereocenters. The topological polar surface area (TPSA) is 92.5 Å². The number of hydrogen-bond acceptors (Lipinski definition) is 4. The number of fused-ring (bicyclic) bond motifs is 1. The standard InChI is InChI=1S/C16H19N3O4S/c1-3-11-4-6-12(7-5-11)24(22,23)19-9-8-14-13(10-19)15(16(20)21)18(2)17-14/h4-7H,3,8-10H2,1-2H3,(H,20,21). The average molecular weight is 349 g/mol. The Morgan fingerprint density at radius 3 is 2.54 bits per heavy atom. The SMILES string of the molecule is CCc1ccc(S(=O)(=O)N2CCc3nn(C)c(C(=O)O)c3C2)cc1. The van der Waals surface area contributed by atoms with E-state index in [2.05, 4.69) is 5.10 Å². The fraction of sp³-hybridized carbons (Fsp3) is 0.375. The fourth-order valence-corrected chi connectivity index (χ4v) is 4.40. The second-order valence-corrected chi connectivity index (χ2v) is 7.73.